The average Bonchev–Trinajstić information content (AvgIpc) is 2.34. The number of alkyl halides is 3. The second-order valence-electron chi connectivity index (χ2n) is 6.10. The molecule has 4 nitrogen and oxygen atoms in total. The lowest BCUT2D eigenvalue weighted by atomic mass is 9.99. The maximum absolute atomic E-state index is 13.1. The molecule has 0 unspecified atom stereocenters. The van der Waals surface area contributed by atoms with Gasteiger partial charge in [-0.05, 0) is 53.4 Å². The zero-order chi connectivity index (χ0) is 17.3. The largest absolute Gasteiger partial charge is 0.431 e. The van der Waals surface area contributed by atoms with Crippen molar-refractivity contribution in [2.24, 2.45) is 0 Å². The van der Waals surface area contributed by atoms with Crippen molar-refractivity contribution in [3.05, 3.63) is 33.7 Å². The predicted molar refractivity (Wildman–Crippen MR) is 78.1 cm³/mol. The lowest BCUT2D eigenvalue weighted by Gasteiger charge is -2.33. The van der Waals surface area contributed by atoms with Crippen molar-refractivity contribution in [1.29, 1.82) is 0 Å². The molecule has 0 atom stereocenters. The molecule has 124 valence electrons. The number of aromatic nitrogens is 1. The number of rotatable bonds is 5. The monoisotopic (exact) mass is 318 g/mol. The Morgan fingerprint density at radius 3 is 2.18 bits per heavy atom. The van der Waals surface area contributed by atoms with Gasteiger partial charge in [-0.15, -0.1) is 0 Å². The van der Waals surface area contributed by atoms with Crippen LogP contribution in [0.15, 0.2) is 16.9 Å². The van der Waals surface area contributed by atoms with Gasteiger partial charge in [-0.25, -0.2) is 0 Å². The van der Waals surface area contributed by atoms with E-state index in [9.17, 15) is 22.8 Å². The fraction of sp³-hybridized carbons (Fsp3) is 0.600. The summed E-state index contributed by atoms with van der Waals surface area (Å²) in [6.07, 6.45) is -4.30. The maximum Gasteiger partial charge on any atom is 0.431 e. The lowest BCUT2D eigenvalue weighted by molar-refractivity contribution is -0.144. The number of carbonyl (C=O) groups is 1. The molecule has 1 aromatic heterocycles. The van der Waals surface area contributed by atoms with E-state index >= 15 is 0 Å². The highest BCUT2D eigenvalue weighted by atomic mass is 19.4. The Morgan fingerprint density at radius 1 is 1.23 bits per heavy atom. The summed E-state index contributed by atoms with van der Waals surface area (Å²) in [5.41, 5.74) is -2.53. The highest BCUT2D eigenvalue weighted by Gasteiger charge is 2.35. The molecule has 1 aromatic rings. The minimum absolute atomic E-state index is 0.111. The van der Waals surface area contributed by atoms with Crippen LogP contribution < -0.4 is 5.56 Å². The molecule has 0 aliphatic carbocycles. The molecule has 0 fully saturated rings. The molecule has 0 bridgehead atoms. The van der Waals surface area contributed by atoms with Crippen LogP contribution in [0.25, 0.3) is 0 Å². The number of pyridine rings is 1. The van der Waals surface area contributed by atoms with Crippen molar-refractivity contribution in [2.75, 3.05) is 14.1 Å². The Balaban J connectivity index is 3.34. The van der Waals surface area contributed by atoms with E-state index in [0.717, 1.165) is 19.1 Å². The van der Waals surface area contributed by atoms with E-state index < -0.39 is 23.2 Å². The normalized spacial score (nSPS) is 12.8. The molecule has 7 heteroatoms. The first-order chi connectivity index (χ1) is 9.88. The van der Waals surface area contributed by atoms with Crippen LogP contribution in [0.3, 0.4) is 0 Å². The molecule has 0 amide bonds. The Bertz CT molecular complexity index is 616. The Labute approximate surface area is 127 Å². The SMILES string of the molecule is CC(=O)c1ccc(C(F)(F)F)n(CCC(C)(C)N(C)C)c1=O. The van der Waals surface area contributed by atoms with Crippen LogP contribution in [0.4, 0.5) is 13.2 Å². The second kappa shape index (κ2) is 6.24. The number of carbonyl (C=O) groups excluding carboxylic acids is 1. The molecular weight excluding hydrogens is 297 g/mol. The molecule has 0 aliphatic heterocycles. The smallest absolute Gasteiger partial charge is 0.304 e. The zero-order valence-corrected chi connectivity index (χ0v) is 13.4. The van der Waals surface area contributed by atoms with Crippen LogP contribution in [0.2, 0.25) is 0 Å². The number of nitrogens with zero attached hydrogens (tertiary/aromatic N) is 2. The summed E-state index contributed by atoms with van der Waals surface area (Å²) in [5, 5.41) is 0. The van der Waals surface area contributed by atoms with E-state index in [-0.39, 0.29) is 17.6 Å². The third kappa shape index (κ3) is 3.97. The van der Waals surface area contributed by atoms with Gasteiger partial charge in [0.1, 0.15) is 5.69 Å². The number of Topliss-reactive ketones (excluding diaryl/α,β-unsaturated/α-hetero) is 1. The van der Waals surface area contributed by atoms with Crippen LogP contribution in [-0.2, 0) is 12.7 Å². The van der Waals surface area contributed by atoms with Crippen LogP contribution >= 0.6 is 0 Å². The van der Waals surface area contributed by atoms with Gasteiger partial charge >= 0.3 is 6.18 Å². The molecule has 0 N–H and O–H groups in total. The van der Waals surface area contributed by atoms with Gasteiger partial charge in [0, 0.05) is 12.1 Å². The van der Waals surface area contributed by atoms with Crippen molar-refractivity contribution in [3.8, 4) is 0 Å². The number of hydrogen-bond acceptors (Lipinski definition) is 3. The molecular formula is C15H21F3N2O2. The third-order valence-corrected chi connectivity index (χ3v) is 4.00. The summed E-state index contributed by atoms with van der Waals surface area (Å²) in [7, 11) is 3.64. The van der Waals surface area contributed by atoms with E-state index in [0.29, 0.717) is 11.0 Å². The zero-order valence-electron chi connectivity index (χ0n) is 13.4. The van der Waals surface area contributed by atoms with Crippen molar-refractivity contribution in [1.82, 2.24) is 9.47 Å². The Hall–Kier alpha value is -1.63. The van der Waals surface area contributed by atoms with Crippen molar-refractivity contribution in [2.45, 2.75) is 45.5 Å². The Kier molecular flexibility index (Phi) is 5.22. The van der Waals surface area contributed by atoms with E-state index in [1.54, 1.807) is 0 Å². The molecule has 0 saturated heterocycles. The van der Waals surface area contributed by atoms with Gasteiger partial charge in [-0.2, -0.15) is 13.2 Å². The molecule has 0 radical (unpaired) electrons. The molecule has 1 rings (SSSR count). The van der Waals surface area contributed by atoms with Gasteiger partial charge in [0.05, 0.1) is 5.56 Å². The molecule has 0 aromatic carbocycles. The number of halogens is 3. The number of ketones is 1. The van der Waals surface area contributed by atoms with Crippen LogP contribution in [-0.4, -0.2) is 34.9 Å². The van der Waals surface area contributed by atoms with Gasteiger partial charge in [-0.1, -0.05) is 0 Å². The van der Waals surface area contributed by atoms with Gasteiger partial charge in [-0.3, -0.25) is 9.59 Å². The van der Waals surface area contributed by atoms with Gasteiger partial charge < -0.3 is 9.47 Å². The van der Waals surface area contributed by atoms with Crippen molar-refractivity contribution >= 4 is 5.78 Å². The van der Waals surface area contributed by atoms with Crippen molar-refractivity contribution < 1.29 is 18.0 Å². The fourth-order valence-corrected chi connectivity index (χ4v) is 1.92. The fourth-order valence-electron chi connectivity index (χ4n) is 1.92. The van der Waals surface area contributed by atoms with E-state index in [1.807, 2.05) is 32.8 Å². The quantitative estimate of drug-likeness (QED) is 0.784. The first kappa shape index (κ1) is 18.4. The average molecular weight is 318 g/mol. The summed E-state index contributed by atoms with van der Waals surface area (Å²) in [5.74, 6) is -0.542. The van der Waals surface area contributed by atoms with Gasteiger partial charge in [0.2, 0.25) is 0 Å². The van der Waals surface area contributed by atoms with Crippen LogP contribution in [0, 0.1) is 0 Å². The Morgan fingerprint density at radius 2 is 1.77 bits per heavy atom. The summed E-state index contributed by atoms with van der Waals surface area (Å²) in [4.78, 5) is 25.5. The highest BCUT2D eigenvalue weighted by Crippen LogP contribution is 2.29. The summed E-state index contributed by atoms with van der Waals surface area (Å²) >= 11 is 0. The highest BCUT2D eigenvalue weighted by molar-refractivity contribution is 5.93. The summed E-state index contributed by atoms with van der Waals surface area (Å²) < 4.78 is 39.9. The van der Waals surface area contributed by atoms with Gasteiger partial charge in [0.15, 0.2) is 5.78 Å². The number of hydrogen-bond donors (Lipinski definition) is 0. The first-order valence-electron chi connectivity index (χ1n) is 6.87. The van der Waals surface area contributed by atoms with E-state index in [1.165, 1.54) is 0 Å². The molecule has 0 aliphatic rings. The standard InChI is InChI=1S/C15H21F3N2O2/c1-10(21)11-6-7-12(15(16,17)18)20(13(11)22)9-8-14(2,3)19(4)5/h6-7H,8-9H2,1-5H3. The third-order valence-electron chi connectivity index (χ3n) is 4.00. The second-order valence-corrected chi connectivity index (χ2v) is 6.10. The van der Waals surface area contributed by atoms with E-state index in [2.05, 4.69) is 0 Å². The lowest BCUT2D eigenvalue weighted by Crippen LogP contribution is -2.41. The topological polar surface area (TPSA) is 42.3 Å². The molecule has 0 saturated carbocycles. The minimum Gasteiger partial charge on any atom is -0.304 e. The van der Waals surface area contributed by atoms with Crippen molar-refractivity contribution in [3.63, 3.8) is 0 Å². The molecule has 0 spiro atoms. The van der Waals surface area contributed by atoms with E-state index in [4.69, 9.17) is 0 Å². The van der Waals surface area contributed by atoms with Crippen LogP contribution in [0.1, 0.15) is 43.2 Å². The summed E-state index contributed by atoms with van der Waals surface area (Å²) in [6, 6.07) is 1.74. The summed E-state index contributed by atoms with van der Waals surface area (Å²) in [6.45, 7) is 4.80. The molecule has 22 heavy (non-hydrogen) atoms. The predicted octanol–water partition coefficient (Wildman–Crippen LogP) is 2.80. The molecule has 1 heterocycles. The van der Waals surface area contributed by atoms with Crippen LogP contribution in [0.5, 0.6) is 0 Å². The first-order valence-corrected chi connectivity index (χ1v) is 6.87. The maximum atomic E-state index is 13.1. The van der Waals surface area contributed by atoms with Gasteiger partial charge in [0.25, 0.3) is 5.56 Å². The minimum atomic E-state index is -4.64.